The van der Waals surface area contributed by atoms with Crippen molar-refractivity contribution in [3.8, 4) is 0 Å². The molecule has 1 amide bonds. The van der Waals surface area contributed by atoms with Crippen LogP contribution in [0.25, 0.3) is 0 Å². The van der Waals surface area contributed by atoms with Crippen LogP contribution in [0.4, 0.5) is 0 Å². The van der Waals surface area contributed by atoms with Crippen molar-refractivity contribution < 1.29 is 14.3 Å². The van der Waals surface area contributed by atoms with Crippen molar-refractivity contribution in [3.63, 3.8) is 0 Å². The quantitative estimate of drug-likeness (QED) is 0.910. The van der Waals surface area contributed by atoms with E-state index in [1.54, 1.807) is 0 Å². The normalized spacial score (nSPS) is 21.6. The molecule has 1 aliphatic carbocycles. The Labute approximate surface area is 125 Å². The summed E-state index contributed by atoms with van der Waals surface area (Å²) >= 11 is 0. The van der Waals surface area contributed by atoms with Crippen LogP contribution in [0.3, 0.4) is 0 Å². The molecule has 3 rings (SSSR count). The second-order valence-corrected chi connectivity index (χ2v) is 6.23. The average molecular weight is 289 g/mol. The fraction of sp³-hybridized carbons (Fsp3) is 0.588. The number of amides is 1. The Bertz CT molecular complexity index is 505. The van der Waals surface area contributed by atoms with Crippen molar-refractivity contribution in [3.05, 3.63) is 34.9 Å². The number of benzene rings is 1. The van der Waals surface area contributed by atoms with E-state index in [1.165, 1.54) is 0 Å². The summed E-state index contributed by atoms with van der Waals surface area (Å²) in [6.07, 6.45) is 3.56. The highest BCUT2D eigenvalue weighted by Crippen LogP contribution is 2.35. The molecule has 2 aliphatic rings. The zero-order valence-electron chi connectivity index (χ0n) is 12.8. The Kier molecular flexibility index (Phi) is 4.00. The zero-order chi connectivity index (χ0) is 14.9. The van der Waals surface area contributed by atoms with Gasteiger partial charge in [-0.1, -0.05) is 17.2 Å². The molecule has 1 aromatic rings. The smallest absolute Gasteiger partial charge is 0.251 e. The molecule has 1 saturated heterocycles. The number of aryl methyl sites for hydroxylation is 2. The van der Waals surface area contributed by atoms with Crippen molar-refractivity contribution in [2.45, 2.75) is 51.4 Å². The van der Waals surface area contributed by atoms with Gasteiger partial charge in [0, 0.05) is 24.4 Å². The summed E-state index contributed by atoms with van der Waals surface area (Å²) in [7, 11) is 0. The van der Waals surface area contributed by atoms with Crippen LogP contribution in [0.15, 0.2) is 18.2 Å². The Morgan fingerprint density at radius 1 is 1.10 bits per heavy atom. The Balaban J connectivity index is 1.58. The SMILES string of the molecule is Cc1cc(C)cc(C(=O)NC2CCC3(CC2)OCCO3)c1. The molecule has 1 heterocycles. The molecular formula is C17H23NO3. The third-order valence-corrected chi connectivity index (χ3v) is 4.38. The van der Waals surface area contributed by atoms with E-state index < -0.39 is 0 Å². The molecule has 2 fully saturated rings. The van der Waals surface area contributed by atoms with E-state index in [2.05, 4.69) is 11.4 Å². The lowest BCUT2D eigenvalue weighted by molar-refractivity contribution is -0.179. The van der Waals surface area contributed by atoms with Crippen LogP contribution in [0.5, 0.6) is 0 Å². The first-order valence-corrected chi connectivity index (χ1v) is 7.73. The minimum atomic E-state index is -0.360. The van der Waals surface area contributed by atoms with Gasteiger partial charge in [0.2, 0.25) is 0 Å². The summed E-state index contributed by atoms with van der Waals surface area (Å²) in [6.45, 7) is 5.42. The maximum Gasteiger partial charge on any atom is 0.251 e. The Morgan fingerprint density at radius 3 is 2.24 bits per heavy atom. The van der Waals surface area contributed by atoms with Gasteiger partial charge in [0.25, 0.3) is 5.91 Å². The van der Waals surface area contributed by atoms with Gasteiger partial charge in [0.05, 0.1) is 13.2 Å². The predicted molar refractivity (Wildman–Crippen MR) is 80.3 cm³/mol. The summed E-state index contributed by atoms with van der Waals surface area (Å²) in [5.74, 6) is -0.336. The molecule has 4 nitrogen and oxygen atoms in total. The third kappa shape index (κ3) is 3.27. The van der Waals surface area contributed by atoms with E-state index >= 15 is 0 Å². The highest BCUT2D eigenvalue weighted by Gasteiger charge is 2.40. The van der Waals surface area contributed by atoms with Gasteiger partial charge < -0.3 is 14.8 Å². The average Bonchev–Trinajstić information content (AvgIpc) is 2.89. The maximum atomic E-state index is 12.4. The van der Waals surface area contributed by atoms with E-state index in [9.17, 15) is 4.79 Å². The van der Waals surface area contributed by atoms with Crippen LogP contribution in [0.1, 0.15) is 47.2 Å². The number of hydrogen-bond acceptors (Lipinski definition) is 3. The maximum absolute atomic E-state index is 12.4. The molecule has 0 atom stereocenters. The molecule has 114 valence electrons. The fourth-order valence-corrected chi connectivity index (χ4v) is 3.36. The van der Waals surface area contributed by atoms with E-state index in [0.29, 0.717) is 13.2 Å². The molecule has 0 radical (unpaired) electrons. The van der Waals surface area contributed by atoms with Gasteiger partial charge in [-0.3, -0.25) is 4.79 Å². The van der Waals surface area contributed by atoms with Crippen LogP contribution in [-0.2, 0) is 9.47 Å². The minimum absolute atomic E-state index is 0.0241. The summed E-state index contributed by atoms with van der Waals surface area (Å²) in [6, 6.07) is 6.18. The van der Waals surface area contributed by atoms with Gasteiger partial charge >= 0.3 is 0 Å². The first-order chi connectivity index (χ1) is 10.1. The number of carbonyl (C=O) groups excluding carboxylic acids is 1. The lowest BCUT2D eigenvalue weighted by Gasteiger charge is -2.35. The lowest BCUT2D eigenvalue weighted by Crippen LogP contribution is -2.44. The fourth-order valence-electron chi connectivity index (χ4n) is 3.36. The van der Waals surface area contributed by atoms with Crippen LogP contribution in [0.2, 0.25) is 0 Å². The second kappa shape index (κ2) is 5.78. The summed E-state index contributed by atoms with van der Waals surface area (Å²) in [5, 5.41) is 3.15. The largest absolute Gasteiger partial charge is 0.349 e. The standard InChI is InChI=1S/C17H23NO3/c1-12-9-13(2)11-14(10-12)16(19)18-15-3-5-17(6-4-15)20-7-8-21-17/h9-11,15H,3-8H2,1-2H3,(H,18,19). The molecule has 1 N–H and O–H groups in total. The van der Waals surface area contributed by atoms with Crippen LogP contribution in [0, 0.1) is 13.8 Å². The molecule has 1 saturated carbocycles. The zero-order valence-corrected chi connectivity index (χ0v) is 12.8. The highest BCUT2D eigenvalue weighted by molar-refractivity contribution is 5.94. The molecule has 1 aliphatic heterocycles. The van der Waals surface area contributed by atoms with Gasteiger partial charge in [-0.05, 0) is 38.8 Å². The number of hydrogen-bond donors (Lipinski definition) is 1. The van der Waals surface area contributed by atoms with Crippen molar-refractivity contribution in [1.82, 2.24) is 5.32 Å². The summed E-state index contributed by atoms with van der Waals surface area (Å²) < 4.78 is 11.4. The molecule has 0 bridgehead atoms. The number of nitrogens with one attached hydrogen (secondary N) is 1. The van der Waals surface area contributed by atoms with E-state index in [4.69, 9.17) is 9.47 Å². The van der Waals surface area contributed by atoms with Crippen molar-refractivity contribution >= 4 is 5.91 Å². The first-order valence-electron chi connectivity index (χ1n) is 7.73. The minimum Gasteiger partial charge on any atom is -0.349 e. The second-order valence-electron chi connectivity index (χ2n) is 6.23. The predicted octanol–water partition coefficient (Wildman–Crippen LogP) is 2.72. The van der Waals surface area contributed by atoms with Crippen LogP contribution < -0.4 is 5.32 Å². The molecule has 0 unspecified atom stereocenters. The number of ether oxygens (including phenoxy) is 2. The van der Waals surface area contributed by atoms with Gasteiger partial charge in [0.1, 0.15) is 0 Å². The van der Waals surface area contributed by atoms with Gasteiger partial charge in [-0.15, -0.1) is 0 Å². The summed E-state index contributed by atoms with van der Waals surface area (Å²) in [4.78, 5) is 12.4. The third-order valence-electron chi connectivity index (χ3n) is 4.38. The first kappa shape index (κ1) is 14.5. The van der Waals surface area contributed by atoms with Crippen molar-refractivity contribution in [2.75, 3.05) is 13.2 Å². The molecule has 0 aromatic heterocycles. The van der Waals surface area contributed by atoms with Crippen molar-refractivity contribution in [2.24, 2.45) is 0 Å². The van der Waals surface area contributed by atoms with E-state index in [-0.39, 0.29) is 17.7 Å². The molecule has 21 heavy (non-hydrogen) atoms. The lowest BCUT2D eigenvalue weighted by atomic mass is 9.90. The number of carbonyl (C=O) groups is 1. The molecule has 4 heteroatoms. The van der Waals surface area contributed by atoms with Gasteiger partial charge in [-0.25, -0.2) is 0 Å². The molecular weight excluding hydrogens is 266 g/mol. The molecule has 1 aromatic carbocycles. The topological polar surface area (TPSA) is 47.6 Å². The van der Waals surface area contributed by atoms with E-state index in [0.717, 1.165) is 42.4 Å². The van der Waals surface area contributed by atoms with E-state index in [1.807, 2.05) is 26.0 Å². The summed E-state index contributed by atoms with van der Waals surface area (Å²) in [5.41, 5.74) is 2.99. The highest BCUT2D eigenvalue weighted by atomic mass is 16.7. The monoisotopic (exact) mass is 289 g/mol. The Hall–Kier alpha value is -1.39. The van der Waals surface area contributed by atoms with Crippen LogP contribution in [-0.4, -0.2) is 30.9 Å². The van der Waals surface area contributed by atoms with Crippen LogP contribution >= 0.6 is 0 Å². The van der Waals surface area contributed by atoms with Gasteiger partial charge in [0.15, 0.2) is 5.79 Å². The van der Waals surface area contributed by atoms with Gasteiger partial charge in [-0.2, -0.15) is 0 Å². The van der Waals surface area contributed by atoms with Crippen molar-refractivity contribution in [1.29, 1.82) is 0 Å². The number of rotatable bonds is 2. The molecule has 1 spiro atoms. The Morgan fingerprint density at radius 2 is 1.67 bits per heavy atom.